The summed E-state index contributed by atoms with van der Waals surface area (Å²) in [6, 6.07) is 16.8. The Morgan fingerprint density at radius 2 is 1.61 bits per heavy atom. The average molecular weight is 510 g/mol. The fourth-order valence-electron chi connectivity index (χ4n) is 6.19. The van der Waals surface area contributed by atoms with Crippen LogP contribution in [0.1, 0.15) is 114 Å². The Bertz CT molecular complexity index is 938. The summed E-state index contributed by atoms with van der Waals surface area (Å²) in [4.78, 5) is 3.52. The normalized spacial score (nSPS) is 21.0. The summed E-state index contributed by atoms with van der Waals surface area (Å²) in [5.41, 5.74) is 4.22. The number of rotatable bonds is 14. The van der Waals surface area contributed by atoms with Gasteiger partial charge in [0.05, 0.1) is 11.6 Å². The van der Waals surface area contributed by atoms with E-state index in [0.717, 1.165) is 57.1 Å². The SMILES string of the molecule is CCCCCCc1ccc(CCC2CCC(c3ccc4c(c3)SC(CCC)(CCC)O4)N2CO)cc1. The van der Waals surface area contributed by atoms with Crippen LogP contribution in [0.2, 0.25) is 0 Å². The van der Waals surface area contributed by atoms with E-state index in [1.165, 1.54) is 53.7 Å². The van der Waals surface area contributed by atoms with Crippen molar-refractivity contribution in [2.24, 2.45) is 0 Å². The third-order valence-electron chi connectivity index (χ3n) is 8.12. The second-order valence-corrected chi connectivity index (χ2v) is 12.3. The number of aliphatic hydroxyl groups excluding tert-OH is 1. The van der Waals surface area contributed by atoms with E-state index in [0.29, 0.717) is 12.1 Å². The molecule has 0 bridgehead atoms. The second-order valence-electron chi connectivity index (χ2n) is 10.9. The van der Waals surface area contributed by atoms with Crippen LogP contribution in [0.4, 0.5) is 0 Å². The molecule has 2 aromatic rings. The zero-order valence-corrected chi connectivity index (χ0v) is 23.6. The fourth-order valence-corrected chi connectivity index (χ4v) is 7.74. The van der Waals surface area contributed by atoms with Crippen LogP contribution in [0.25, 0.3) is 0 Å². The zero-order valence-electron chi connectivity index (χ0n) is 22.8. The Morgan fingerprint density at radius 1 is 0.889 bits per heavy atom. The van der Waals surface area contributed by atoms with Gasteiger partial charge >= 0.3 is 0 Å². The maximum atomic E-state index is 10.3. The van der Waals surface area contributed by atoms with Crippen LogP contribution >= 0.6 is 11.8 Å². The van der Waals surface area contributed by atoms with Crippen LogP contribution in [-0.2, 0) is 12.8 Å². The first kappa shape index (κ1) is 27.5. The van der Waals surface area contributed by atoms with E-state index in [4.69, 9.17) is 4.74 Å². The molecule has 1 N–H and O–H groups in total. The lowest BCUT2D eigenvalue weighted by Gasteiger charge is -2.28. The number of nitrogens with zero attached hydrogens (tertiary/aromatic N) is 1. The molecular weight excluding hydrogens is 462 g/mol. The first-order chi connectivity index (χ1) is 17.6. The Hall–Kier alpha value is -1.49. The smallest absolute Gasteiger partial charge is 0.159 e. The molecular formula is C32H47NO2S. The highest BCUT2D eigenvalue weighted by atomic mass is 32.2. The van der Waals surface area contributed by atoms with Crippen molar-refractivity contribution in [2.75, 3.05) is 6.73 Å². The lowest BCUT2D eigenvalue weighted by molar-refractivity contribution is 0.0596. The minimum Gasteiger partial charge on any atom is -0.475 e. The number of ether oxygens (including phenoxy) is 1. The quantitative estimate of drug-likeness (QED) is 0.258. The Labute approximate surface area is 224 Å². The minimum absolute atomic E-state index is 0.0929. The molecule has 1 fully saturated rings. The summed E-state index contributed by atoms with van der Waals surface area (Å²) in [6.07, 6.45) is 15.4. The van der Waals surface area contributed by atoms with Gasteiger partial charge in [0.1, 0.15) is 5.75 Å². The van der Waals surface area contributed by atoms with E-state index < -0.39 is 0 Å². The van der Waals surface area contributed by atoms with Gasteiger partial charge in [-0.2, -0.15) is 0 Å². The number of hydrogen-bond donors (Lipinski definition) is 1. The van der Waals surface area contributed by atoms with Gasteiger partial charge in [-0.25, -0.2) is 0 Å². The van der Waals surface area contributed by atoms with Gasteiger partial charge in [0.15, 0.2) is 4.93 Å². The van der Waals surface area contributed by atoms with Crippen molar-refractivity contribution in [3.8, 4) is 5.75 Å². The van der Waals surface area contributed by atoms with Gasteiger partial charge in [0, 0.05) is 12.1 Å². The highest BCUT2D eigenvalue weighted by Gasteiger charge is 2.40. The van der Waals surface area contributed by atoms with Crippen molar-refractivity contribution in [3.05, 3.63) is 59.2 Å². The van der Waals surface area contributed by atoms with Crippen LogP contribution in [0.3, 0.4) is 0 Å². The summed E-state index contributed by atoms with van der Waals surface area (Å²) in [7, 11) is 0. The summed E-state index contributed by atoms with van der Waals surface area (Å²) in [5, 5.41) is 10.3. The van der Waals surface area contributed by atoms with Gasteiger partial charge in [0.25, 0.3) is 0 Å². The first-order valence-corrected chi connectivity index (χ1v) is 15.4. The molecule has 4 rings (SSSR count). The van der Waals surface area contributed by atoms with E-state index >= 15 is 0 Å². The summed E-state index contributed by atoms with van der Waals surface area (Å²) < 4.78 is 6.50. The standard InChI is InChI=1S/C32H47NO2S/c1-4-7-8-9-10-25-11-13-26(14-12-25)15-17-28-18-19-29(33(28)24-34)27-16-20-30-31(23-27)36-32(35-30,21-5-2)22-6-3/h11-14,16,20,23,28-29,34H,4-10,15,17-19,21-22,24H2,1-3H3. The molecule has 2 unspecified atom stereocenters. The van der Waals surface area contributed by atoms with Gasteiger partial charge in [-0.3, -0.25) is 4.90 Å². The van der Waals surface area contributed by atoms with E-state index in [2.05, 4.69) is 68.1 Å². The molecule has 4 heteroatoms. The van der Waals surface area contributed by atoms with E-state index in [-0.39, 0.29) is 11.7 Å². The molecule has 3 nitrogen and oxygen atoms in total. The second kappa shape index (κ2) is 13.3. The van der Waals surface area contributed by atoms with Gasteiger partial charge in [-0.1, -0.05) is 95.0 Å². The largest absolute Gasteiger partial charge is 0.475 e. The van der Waals surface area contributed by atoms with Crippen molar-refractivity contribution in [3.63, 3.8) is 0 Å². The van der Waals surface area contributed by atoms with Crippen molar-refractivity contribution in [1.29, 1.82) is 0 Å². The van der Waals surface area contributed by atoms with Gasteiger partial charge in [-0.05, 0) is 80.2 Å². The summed E-state index contributed by atoms with van der Waals surface area (Å²) in [6.45, 7) is 6.89. The molecule has 0 radical (unpaired) electrons. The number of benzene rings is 2. The summed E-state index contributed by atoms with van der Waals surface area (Å²) in [5.74, 6) is 1.05. The van der Waals surface area contributed by atoms with E-state index in [9.17, 15) is 5.11 Å². The molecule has 1 saturated heterocycles. The first-order valence-electron chi connectivity index (χ1n) is 14.6. The number of thioether (sulfide) groups is 1. The van der Waals surface area contributed by atoms with Gasteiger partial charge in [-0.15, -0.1) is 0 Å². The van der Waals surface area contributed by atoms with Gasteiger partial charge in [0.2, 0.25) is 0 Å². The molecule has 198 valence electrons. The third-order valence-corrected chi connectivity index (χ3v) is 9.52. The molecule has 2 atom stereocenters. The molecule has 0 spiro atoms. The fraction of sp³-hybridized carbons (Fsp3) is 0.625. The summed E-state index contributed by atoms with van der Waals surface area (Å²) >= 11 is 1.93. The number of hydrogen-bond acceptors (Lipinski definition) is 4. The molecule has 2 aromatic carbocycles. The number of aliphatic hydroxyl groups is 1. The van der Waals surface area contributed by atoms with Crippen molar-refractivity contribution in [1.82, 2.24) is 4.90 Å². The molecule has 2 aliphatic heterocycles. The topological polar surface area (TPSA) is 32.7 Å². The highest BCUT2D eigenvalue weighted by Crippen LogP contribution is 2.53. The maximum Gasteiger partial charge on any atom is 0.159 e. The Kier molecular flexibility index (Phi) is 10.2. The average Bonchev–Trinajstić information content (AvgIpc) is 3.46. The number of fused-ring (bicyclic) bond motifs is 1. The highest BCUT2D eigenvalue weighted by molar-refractivity contribution is 8.00. The lowest BCUT2D eigenvalue weighted by atomic mass is 10.0. The zero-order chi connectivity index (χ0) is 25.4. The maximum absolute atomic E-state index is 10.3. The lowest BCUT2D eigenvalue weighted by Crippen LogP contribution is -2.32. The molecule has 2 aliphatic rings. The number of likely N-dealkylation sites (tertiary alicyclic amines) is 1. The van der Waals surface area contributed by atoms with E-state index in [1.54, 1.807) is 0 Å². The number of aryl methyl sites for hydroxylation is 2. The van der Waals surface area contributed by atoms with Crippen LogP contribution in [0, 0.1) is 0 Å². The molecule has 2 heterocycles. The monoisotopic (exact) mass is 509 g/mol. The predicted molar refractivity (Wildman–Crippen MR) is 153 cm³/mol. The Balaban J connectivity index is 1.34. The van der Waals surface area contributed by atoms with Crippen LogP contribution in [0.15, 0.2) is 47.4 Å². The van der Waals surface area contributed by atoms with Crippen molar-refractivity contribution >= 4 is 11.8 Å². The van der Waals surface area contributed by atoms with Crippen molar-refractivity contribution in [2.45, 2.75) is 126 Å². The van der Waals surface area contributed by atoms with Crippen LogP contribution < -0.4 is 4.74 Å². The van der Waals surface area contributed by atoms with Gasteiger partial charge < -0.3 is 9.84 Å². The molecule has 0 saturated carbocycles. The number of unbranched alkanes of at least 4 members (excludes halogenated alkanes) is 3. The van der Waals surface area contributed by atoms with Crippen LogP contribution in [0.5, 0.6) is 5.75 Å². The van der Waals surface area contributed by atoms with Crippen molar-refractivity contribution < 1.29 is 9.84 Å². The minimum atomic E-state index is -0.0929. The predicted octanol–water partition coefficient (Wildman–Crippen LogP) is 8.68. The third kappa shape index (κ3) is 6.68. The Morgan fingerprint density at radius 3 is 2.28 bits per heavy atom. The molecule has 0 aromatic heterocycles. The molecule has 0 aliphatic carbocycles. The van der Waals surface area contributed by atoms with Crippen LogP contribution in [-0.4, -0.2) is 27.7 Å². The molecule has 0 amide bonds. The molecule has 36 heavy (non-hydrogen) atoms. The van der Waals surface area contributed by atoms with E-state index in [1.807, 2.05) is 11.8 Å².